The molecule has 0 saturated carbocycles. The molecule has 106 valence electrons. The standard InChI is InChI=1S/C12H16BrNO4S/c1-9(10-4-6-11(13)7-5-10)14-19(17,18)8-2-3-12(15)16/h4-7,9,14H,2-3,8H2,1H3,(H,15,16)/t9-/m1/s1. The summed E-state index contributed by atoms with van der Waals surface area (Å²) in [5.41, 5.74) is 0.852. The summed E-state index contributed by atoms with van der Waals surface area (Å²) in [6.07, 6.45) is -0.0364. The minimum absolute atomic E-state index is 0.109. The lowest BCUT2D eigenvalue weighted by molar-refractivity contribution is -0.137. The van der Waals surface area contributed by atoms with Crippen LogP contribution in [0.1, 0.15) is 31.4 Å². The van der Waals surface area contributed by atoms with Gasteiger partial charge in [0.05, 0.1) is 5.75 Å². The van der Waals surface area contributed by atoms with Crippen LogP contribution in [0.3, 0.4) is 0 Å². The lowest BCUT2D eigenvalue weighted by atomic mass is 10.1. The molecule has 0 heterocycles. The fourth-order valence-electron chi connectivity index (χ4n) is 1.56. The third-order valence-electron chi connectivity index (χ3n) is 2.53. The molecule has 0 spiro atoms. The van der Waals surface area contributed by atoms with Crippen molar-refractivity contribution in [3.8, 4) is 0 Å². The third kappa shape index (κ3) is 6.17. The average Bonchev–Trinajstić information content (AvgIpc) is 2.28. The molecule has 0 bridgehead atoms. The van der Waals surface area contributed by atoms with Gasteiger partial charge in [0.25, 0.3) is 0 Å². The molecule has 0 fully saturated rings. The number of sulfonamides is 1. The molecule has 1 atom stereocenters. The molecule has 0 radical (unpaired) electrons. The van der Waals surface area contributed by atoms with Crippen molar-refractivity contribution in [2.75, 3.05) is 5.75 Å². The molecule has 19 heavy (non-hydrogen) atoms. The van der Waals surface area contributed by atoms with E-state index in [1.807, 2.05) is 24.3 Å². The first-order valence-corrected chi connectivity index (χ1v) is 8.22. The van der Waals surface area contributed by atoms with Crippen molar-refractivity contribution in [1.82, 2.24) is 4.72 Å². The fraction of sp³-hybridized carbons (Fsp3) is 0.417. The maximum Gasteiger partial charge on any atom is 0.303 e. The molecule has 0 saturated heterocycles. The second-order valence-electron chi connectivity index (χ2n) is 4.21. The molecular weight excluding hydrogens is 334 g/mol. The topological polar surface area (TPSA) is 83.5 Å². The Labute approximate surface area is 121 Å². The highest BCUT2D eigenvalue weighted by atomic mass is 79.9. The molecule has 0 aromatic heterocycles. The zero-order valence-electron chi connectivity index (χ0n) is 10.5. The summed E-state index contributed by atoms with van der Waals surface area (Å²) in [4.78, 5) is 10.3. The van der Waals surface area contributed by atoms with Crippen LogP contribution in [-0.2, 0) is 14.8 Å². The lowest BCUT2D eigenvalue weighted by Gasteiger charge is -2.14. The van der Waals surface area contributed by atoms with Gasteiger partial charge in [-0.2, -0.15) is 0 Å². The van der Waals surface area contributed by atoms with Gasteiger partial charge in [-0.15, -0.1) is 0 Å². The van der Waals surface area contributed by atoms with Crippen molar-refractivity contribution in [2.45, 2.75) is 25.8 Å². The van der Waals surface area contributed by atoms with Crippen LogP contribution in [0, 0.1) is 0 Å². The number of benzene rings is 1. The second-order valence-corrected chi connectivity index (χ2v) is 7.00. The molecule has 0 aliphatic rings. The predicted octanol–water partition coefficient (Wildman–Crippen LogP) is 2.29. The molecule has 1 aromatic carbocycles. The number of hydrogen-bond donors (Lipinski definition) is 2. The molecule has 1 rings (SSSR count). The van der Waals surface area contributed by atoms with E-state index in [0.717, 1.165) is 10.0 Å². The normalized spacial score (nSPS) is 13.2. The minimum Gasteiger partial charge on any atom is -0.481 e. The molecule has 0 unspecified atom stereocenters. The summed E-state index contributed by atoms with van der Waals surface area (Å²) in [7, 11) is -3.46. The average molecular weight is 350 g/mol. The molecule has 7 heteroatoms. The van der Waals surface area contributed by atoms with Crippen molar-refractivity contribution in [1.29, 1.82) is 0 Å². The van der Waals surface area contributed by atoms with Gasteiger partial charge >= 0.3 is 5.97 Å². The first-order valence-electron chi connectivity index (χ1n) is 5.77. The van der Waals surface area contributed by atoms with Crippen molar-refractivity contribution in [3.63, 3.8) is 0 Å². The number of halogens is 1. The number of nitrogens with one attached hydrogen (secondary N) is 1. The van der Waals surface area contributed by atoms with Crippen LogP contribution in [0.2, 0.25) is 0 Å². The maximum absolute atomic E-state index is 11.7. The van der Waals surface area contributed by atoms with Crippen molar-refractivity contribution in [3.05, 3.63) is 34.3 Å². The first kappa shape index (κ1) is 16.1. The van der Waals surface area contributed by atoms with Gasteiger partial charge in [-0.1, -0.05) is 28.1 Å². The number of hydrogen-bond acceptors (Lipinski definition) is 3. The number of carboxylic acid groups (broad SMARTS) is 1. The highest BCUT2D eigenvalue weighted by Crippen LogP contribution is 2.17. The Morgan fingerprint density at radius 3 is 2.47 bits per heavy atom. The van der Waals surface area contributed by atoms with E-state index >= 15 is 0 Å². The van der Waals surface area contributed by atoms with Crippen LogP contribution in [0.5, 0.6) is 0 Å². The van der Waals surface area contributed by atoms with Gasteiger partial charge < -0.3 is 5.11 Å². The maximum atomic E-state index is 11.7. The summed E-state index contributed by atoms with van der Waals surface area (Å²) >= 11 is 3.31. The van der Waals surface area contributed by atoms with Crippen LogP contribution in [0.4, 0.5) is 0 Å². The summed E-state index contributed by atoms with van der Waals surface area (Å²) < 4.78 is 27.0. The van der Waals surface area contributed by atoms with Crippen molar-refractivity contribution >= 4 is 31.9 Å². The summed E-state index contributed by atoms with van der Waals surface area (Å²) in [5.74, 6) is -1.17. The van der Waals surface area contributed by atoms with E-state index < -0.39 is 16.0 Å². The Bertz CT molecular complexity index is 527. The predicted molar refractivity (Wildman–Crippen MR) is 76.3 cm³/mol. The smallest absolute Gasteiger partial charge is 0.303 e. The molecular formula is C12H16BrNO4S. The Morgan fingerprint density at radius 1 is 1.37 bits per heavy atom. The lowest BCUT2D eigenvalue weighted by Crippen LogP contribution is -2.29. The minimum atomic E-state index is -3.46. The molecule has 0 amide bonds. The van der Waals surface area contributed by atoms with Gasteiger partial charge in [0.2, 0.25) is 10.0 Å². The fourth-order valence-corrected chi connectivity index (χ4v) is 3.14. The number of carboxylic acids is 1. The van der Waals surface area contributed by atoms with Crippen molar-refractivity contribution < 1.29 is 18.3 Å². The van der Waals surface area contributed by atoms with Gasteiger partial charge in [-0.05, 0) is 31.0 Å². The third-order valence-corrected chi connectivity index (χ3v) is 4.60. The van der Waals surface area contributed by atoms with Gasteiger partial charge in [-0.3, -0.25) is 4.79 Å². The van der Waals surface area contributed by atoms with Gasteiger partial charge in [0.1, 0.15) is 0 Å². The van der Waals surface area contributed by atoms with E-state index in [9.17, 15) is 13.2 Å². The van der Waals surface area contributed by atoms with E-state index in [4.69, 9.17) is 5.11 Å². The van der Waals surface area contributed by atoms with E-state index in [-0.39, 0.29) is 24.6 Å². The molecule has 0 aliphatic heterocycles. The van der Waals surface area contributed by atoms with Crippen LogP contribution in [-0.4, -0.2) is 25.2 Å². The van der Waals surface area contributed by atoms with Crippen LogP contribution >= 0.6 is 15.9 Å². The number of carbonyl (C=O) groups is 1. The van der Waals surface area contributed by atoms with Crippen LogP contribution in [0.25, 0.3) is 0 Å². The Kier molecular flexibility index (Phi) is 5.96. The molecule has 1 aromatic rings. The molecule has 5 nitrogen and oxygen atoms in total. The summed E-state index contributed by atoms with van der Waals surface area (Å²) in [5, 5.41) is 8.48. The van der Waals surface area contributed by atoms with E-state index in [0.29, 0.717) is 0 Å². The zero-order valence-corrected chi connectivity index (χ0v) is 12.9. The van der Waals surface area contributed by atoms with Crippen molar-refractivity contribution in [2.24, 2.45) is 0 Å². The molecule has 0 aliphatic carbocycles. The Balaban J connectivity index is 2.57. The van der Waals surface area contributed by atoms with Crippen LogP contribution < -0.4 is 4.72 Å². The highest BCUT2D eigenvalue weighted by molar-refractivity contribution is 9.10. The quantitative estimate of drug-likeness (QED) is 0.790. The number of rotatable bonds is 7. The van der Waals surface area contributed by atoms with Gasteiger partial charge in [0, 0.05) is 16.9 Å². The van der Waals surface area contributed by atoms with Gasteiger partial charge in [0.15, 0.2) is 0 Å². The first-order chi connectivity index (χ1) is 8.80. The zero-order chi connectivity index (χ0) is 14.5. The molecule has 2 N–H and O–H groups in total. The van der Waals surface area contributed by atoms with E-state index in [1.54, 1.807) is 6.92 Å². The van der Waals surface area contributed by atoms with E-state index in [1.165, 1.54) is 0 Å². The second kappa shape index (κ2) is 7.02. The summed E-state index contributed by atoms with van der Waals surface area (Å²) in [6, 6.07) is 6.99. The Morgan fingerprint density at radius 2 is 1.95 bits per heavy atom. The van der Waals surface area contributed by atoms with E-state index in [2.05, 4.69) is 20.7 Å². The van der Waals surface area contributed by atoms with Gasteiger partial charge in [-0.25, -0.2) is 13.1 Å². The highest BCUT2D eigenvalue weighted by Gasteiger charge is 2.16. The monoisotopic (exact) mass is 349 g/mol. The van der Waals surface area contributed by atoms with Crippen LogP contribution in [0.15, 0.2) is 28.7 Å². The largest absolute Gasteiger partial charge is 0.481 e. The number of aliphatic carboxylic acids is 1. The SMILES string of the molecule is C[C@@H](NS(=O)(=O)CCCC(=O)O)c1ccc(Br)cc1. The Hall–Kier alpha value is -0.920. The summed E-state index contributed by atoms with van der Waals surface area (Å²) in [6.45, 7) is 1.75.